The molecule has 0 radical (unpaired) electrons. The number of rotatable bonds is 6. The Morgan fingerprint density at radius 1 is 1.04 bits per heavy atom. The summed E-state index contributed by atoms with van der Waals surface area (Å²) in [5, 5.41) is 0. The molecule has 4 heteroatoms. The highest BCUT2D eigenvalue weighted by atomic mass is 19.1. The summed E-state index contributed by atoms with van der Waals surface area (Å²) in [6.45, 7) is 4.51. The lowest BCUT2D eigenvalue weighted by Gasteiger charge is -2.10. The van der Waals surface area contributed by atoms with Crippen molar-refractivity contribution in [3.05, 3.63) is 71.6 Å². The molecule has 0 N–H and O–H groups in total. The standard InChI is InChI=1S/C19H19FO3/c1-3-22-17-10-8-14(9-11-17)18(13-19(21)23-4-2)15-6-5-7-16(20)12-15/h5-13H,3-4H2,1-2H3/b18-13+. The van der Waals surface area contributed by atoms with Crippen molar-refractivity contribution >= 4 is 11.5 Å². The first kappa shape index (κ1) is 16.7. The highest BCUT2D eigenvalue weighted by molar-refractivity contribution is 5.96. The Morgan fingerprint density at radius 2 is 1.78 bits per heavy atom. The van der Waals surface area contributed by atoms with Gasteiger partial charge in [0.15, 0.2) is 0 Å². The van der Waals surface area contributed by atoms with Gasteiger partial charge in [0.1, 0.15) is 11.6 Å². The van der Waals surface area contributed by atoms with E-state index in [1.165, 1.54) is 18.2 Å². The Bertz CT molecular complexity index is 690. The molecule has 0 bridgehead atoms. The maximum atomic E-state index is 13.5. The summed E-state index contributed by atoms with van der Waals surface area (Å²) in [6.07, 6.45) is 1.38. The van der Waals surface area contributed by atoms with Gasteiger partial charge in [-0.2, -0.15) is 0 Å². The summed E-state index contributed by atoms with van der Waals surface area (Å²) in [4.78, 5) is 11.8. The van der Waals surface area contributed by atoms with E-state index in [2.05, 4.69) is 0 Å². The molecular formula is C19H19FO3. The fraction of sp³-hybridized carbons (Fsp3) is 0.211. The number of carbonyl (C=O) groups is 1. The highest BCUT2D eigenvalue weighted by Gasteiger charge is 2.10. The van der Waals surface area contributed by atoms with Gasteiger partial charge in [-0.05, 0) is 54.8 Å². The maximum Gasteiger partial charge on any atom is 0.331 e. The van der Waals surface area contributed by atoms with E-state index in [0.717, 1.165) is 11.3 Å². The van der Waals surface area contributed by atoms with Crippen molar-refractivity contribution in [2.45, 2.75) is 13.8 Å². The fourth-order valence-corrected chi connectivity index (χ4v) is 2.19. The van der Waals surface area contributed by atoms with Gasteiger partial charge in [0.25, 0.3) is 0 Å². The maximum absolute atomic E-state index is 13.5. The van der Waals surface area contributed by atoms with E-state index < -0.39 is 5.97 Å². The van der Waals surface area contributed by atoms with Crippen LogP contribution in [0.25, 0.3) is 5.57 Å². The second-order valence-electron chi connectivity index (χ2n) is 4.78. The molecule has 0 saturated heterocycles. The van der Waals surface area contributed by atoms with Crippen molar-refractivity contribution in [1.29, 1.82) is 0 Å². The topological polar surface area (TPSA) is 35.5 Å². The third kappa shape index (κ3) is 4.68. The van der Waals surface area contributed by atoms with Gasteiger partial charge in [-0.3, -0.25) is 0 Å². The molecule has 0 atom stereocenters. The number of esters is 1. The third-order valence-corrected chi connectivity index (χ3v) is 3.16. The molecule has 0 aliphatic carbocycles. The van der Waals surface area contributed by atoms with Gasteiger partial charge >= 0.3 is 5.97 Å². The monoisotopic (exact) mass is 314 g/mol. The highest BCUT2D eigenvalue weighted by Crippen LogP contribution is 2.26. The Kier molecular flexibility index (Phi) is 5.92. The molecule has 0 aliphatic heterocycles. The predicted molar refractivity (Wildman–Crippen MR) is 87.7 cm³/mol. The van der Waals surface area contributed by atoms with Crippen LogP contribution in [0.3, 0.4) is 0 Å². The summed E-state index contributed by atoms with van der Waals surface area (Å²) < 4.78 is 23.9. The fourth-order valence-electron chi connectivity index (χ4n) is 2.19. The Labute approximate surface area is 135 Å². The van der Waals surface area contributed by atoms with E-state index in [0.29, 0.717) is 17.7 Å². The summed E-state index contributed by atoms with van der Waals surface area (Å²) >= 11 is 0. The van der Waals surface area contributed by atoms with Gasteiger partial charge in [-0.1, -0.05) is 24.3 Å². The Morgan fingerprint density at radius 3 is 2.39 bits per heavy atom. The Hall–Kier alpha value is -2.62. The molecule has 23 heavy (non-hydrogen) atoms. The summed E-state index contributed by atoms with van der Waals surface area (Å²) in [5.74, 6) is -0.0742. The van der Waals surface area contributed by atoms with Crippen LogP contribution >= 0.6 is 0 Å². The normalized spacial score (nSPS) is 11.2. The van der Waals surface area contributed by atoms with Gasteiger partial charge in [0, 0.05) is 6.08 Å². The van der Waals surface area contributed by atoms with Crippen LogP contribution in [-0.4, -0.2) is 19.2 Å². The van der Waals surface area contributed by atoms with Crippen LogP contribution in [0.5, 0.6) is 5.75 Å². The number of ether oxygens (including phenoxy) is 2. The molecular weight excluding hydrogens is 295 g/mol. The second kappa shape index (κ2) is 8.13. The molecule has 2 aromatic rings. The molecule has 0 spiro atoms. The lowest BCUT2D eigenvalue weighted by Crippen LogP contribution is -2.02. The van der Waals surface area contributed by atoms with E-state index in [-0.39, 0.29) is 12.4 Å². The van der Waals surface area contributed by atoms with Crippen LogP contribution in [0.2, 0.25) is 0 Å². The minimum Gasteiger partial charge on any atom is -0.494 e. The SMILES string of the molecule is CCOC(=O)/C=C(\c1ccc(OCC)cc1)c1cccc(F)c1. The average Bonchev–Trinajstić information content (AvgIpc) is 2.54. The summed E-state index contributed by atoms with van der Waals surface area (Å²) in [5.41, 5.74) is 2.00. The third-order valence-electron chi connectivity index (χ3n) is 3.16. The van der Waals surface area contributed by atoms with Crippen molar-refractivity contribution in [1.82, 2.24) is 0 Å². The number of halogens is 1. The quantitative estimate of drug-likeness (QED) is 0.591. The van der Waals surface area contributed by atoms with E-state index in [4.69, 9.17) is 9.47 Å². The minimum absolute atomic E-state index is 0.287. The van der Waals surface area contributed by atoms with E-state index in [1.807, 2.05) is 31.2 Å². The molecule has 0 amide bonds. The van der Waals surface area contributed by atoms with Crippen molar-refractivity contribution < 1.29 is 18.7 Å². The van der Waals surface area contributed by atoms with Crippen LogP contribution in [-0.2, 0) is 9.53 Å². The molecule has 0 fully saturated rings. The van der Waals surface area contributed by atoms with E-state index in [1.54, 1.807) is 19.1 Å². The Balaban J connectivity index is 2.42. The first-order valence-electron chi connectivity index (χ1n) is 7.51. The number of hydrogen-bond acceptors (Lipinski definition) is 3. The van der Waals surface area contributed by atoms with Gasteiger partial charge in [-0.25, -0.2) is 9.18 Å². The molecule has 0 saturated carbocycles. The largest absolute Gasteiger partial charge is 0.494 e. The molecule has 0 unspecified atom stereocenters. The second-order valence-corrected chi connectivity index (χ2v) is 4.78. The summed E-state index contributed by atoms with van der Waals surface area (Å²) in [6, 6.07) is 13.4. The number of hydrogen-bond donors (Lipinski definition) is 0. The zero-order valence-corrected chi connectivity index (χ0v) is 13.2. The minimum atomic E-state index is -0.458. The zero-order chi connectivity index (χ0) is 16.7. The van der Waals surface area contributed by atoms with Crippen LogP contribution in [0.1, 0.15) is 25.0 Å². The lowest BCUT2D eigenvalue weighted by molar-refractivity contribution is -0.137. The van der Waals surface area contributed by atoms with Crippen LogP contribution < -0.4 is 4.74 Å². The van der Waals surface area contributed by atoms with E-state index >= 15 is 0 Å². The average molecular weight is 314 g/mol. The van der Waals surface area contributed by atoms with Gasteiger partial charge < -0.3 is 9.47 Å². The zero-order valence-electron chi connectivity index (χ0n) is 13.2. The lowest BCUT2D eigenvalue weighted by atomic mass is 9.97. The van der Waals surface area contributed by atoms with Crippen LogP contribution in [0.15, 0.2) is 54.6 Å². The molecule has 2 aromatic carbocycles. The van der Waals surface area contributed by atoms with Crippen molar-refractivity contribution in [3.8, 4) is 5.75 Å². The van der Waals surface area contributed by atoms with Gasteiger partial charge in [0.05, 0.1) is 13.2 Å². The van der Waals surface area contributed by atoms with Crippen molar-refractivity contribution in [2.75, 3.05) is 13.2 Å². The first-order valence-corrected chi connectivity index (χ1v) is 7.51. The van der Waals surface area contributed by atoms with Crippen LogP contribution in [0, 0.1) is 5.82 Å². The molecule has 2 rings (SSSR count). The van der Waals surface area contributed by atoms with Gasteiger partial charge in [0.2, 0.25) is 0 Å². The van der Waals surface area contributed by atoms with E-state index in [9.17, 15) is 9.18 Å². The molecule has 0 aromatic heterocycles. The van der Waals surface area contributed by atoms with Gasteiger partial charge in [-0.15, -0.1) is 0 Å². The van der Waals surface area contributed by atoms with Crippen LogP contribution in [0.4, 0.5) is 4.39 Å². The number of benzene rings is 2. The summed E-state index contributed by atoms with van der Waals surface area (Å²) in [7, 11) is 0. The number of carbonyl (C=O) groups excluding carboxylic acids is 1. The first-order chi connectivity index (χ1) is 11.1. The van der Waals surface area contributed by atoms with Crippen molar-refractivity contribution in [3.63, 3.8) is 0 Å². The predicted octanol–water partition coefficient (Wildman–Crippen LogP) is 4.22. The van der Waals surface area contributed by atoms with Crippen molar-refractivity contribution in [2.24, 2.45) is 0 Å². The molecule has 3 nitrogen and oxygen atoms in total. The smallest absolute Gasteiger partial charge is 0.331 e. The molecule has 0 aliphatic rings. The molecule has 0 heterocycles. The molecule has 120 valence electrons.